The van der Waals surface area contributed by atoms with Gasteiger partial charge < -0.3 is 15.2 Å². The van der Waals surface area contributed by atoms with Crippen LogP contribution in [0.1, 0.15) is 11.1 Å². The Balaban J connectivity index is 0.000000243. The first-order valence-electron chi connectivity index (χ1n) is 6.91. The monoisotopic (exact) mass is 368 g/mol. The summed E-state index contributed by atoms with van der Waals surface area (Å²) >= 11 is 11.6. The molecule has 6 nitrogen and oxygen atoms in total. The smallest absolute Gasteiger partial charge is 0.137 e. The van der Waals surface area contributed by atoms with Crippen LogP contribution in [0.2, 0.25) is 10.0 Å². The maximum atomic E-state index is 8.11. The van der Waals surface area contributed by atoms with Crippen molar-refractivity contribution < 1.29 is 9.47 Å². The predicted octanol–water partition coefficient (Wildman–Crippen LogP) is 4.97. The molecule has 0 atom stereocenters. The lowest BCUT2D eigenvalue weighted by molar-refractivity contribution is 0.414. The molecule has 2 N–H and O–H groups in total. The SMILES string of the molecule is COc1cc(CN)ccc1Cl.COc1cc(CN=[N+]=[N-])ccc1Cl. The quantitative estimate of drug-likeness (QED) is 0.458. The molecule has 2 aromatic carbocycles. The van der Waals surface area contributed by atoms with Gasteiger partial charge in [-0.25, -0.2) is 0 Å². The van der Waals surface area contributed by atoms with E-state index < -0.39 is 0 Å². The Morgan fingerprint density at radius 1 is 1.00 bits per heavy atom. The summed E-state index contributed by atoms with van der Waals surface area (Å²) in [6, 6.07) is 10.7. The molecule has 0 amide bonds. The van der Waals surface area contributed by atoms with Crippen LogP contribution >= 0.6 is 23.2 Å². The van der Waals surface area contributed by atoms with Crippen LogP contribution in [0.15, 0.2) is 41.5 Å². The van der Waals surface area contributed by atoms with Gasteiger partial charge in [-0.05, 0) is 40.9 Å². The molecule has 0 spiro atoms. The third-order valence-corrected chi connectivity index (χ3v) is 3.61. The first-order valence-corrected chi connectivity index (χ1v) is 7.67. The van der Waals surface area contributed by atoms with Crippen molar-refractivity contribution in [2.75, 3.05) is 14.2 Å². The number of nitrogens with two attached hydrogens (primary N) is 1. The van der Waals surface area contributed by atoms with E-state index in [-0.39, 0.29) is 0 Å². The van der Waals surface area contributed by atoms with E-state index in [9.17, 15) is 0 Å². The molecular weight excluding hydrogens is 351 g/mol. The van der Waals surface area contributed by atoms with Gasteiger partial charge >= 0.3 is 0 Å². The molecule has 2 aromatic rings. The summed E-state index contributed by atoms with van der Waals surface area (Å²) in [4.78, 5) is 2.66. The molecule has 0 saturated heterocycles. The molecule has 8 heteroatoms. The highest BCUT2D eigenvalue weighted by Crippen LogP contribution is 2.25. The number of benzene rings is 2. The van der Waals surface area contributed by atoms with Crippen molar-refractivity contribution in [2.24, 2.45) is 10.8 Å². The number of methoxy groups -OCH3 is 2. The van der Waals surface area contributed by atoms with Gasteiger partial charge in [-0.15, -0.1) is 0 Å². The van der Waals surface area contributed by atoms with E-state index in [1.54, 1.807) is 38.5 Å². The van der Waals surface area contributed by atoms with E-state index in [1.807, 2.05) is 12.1 Å². The van der Waals surface area contributed by atoms with Crippen molar-refractivity contribution in [3.8, 4) is 11.5 Å². The minimum atomic E-state index is 0.310. The normalized spacial score (nSPS) is 9.38. The number of hydrogen-bond acceptors (Lipinski definition) is 4. The summed E-state index contributed by atoms with van der Waals surface area (Å²) in [7, 11) is 3.13. The number of halogens is 2. The van der Waals surface area contributed by atoms with Gasteiger partial charge in [0.15, 0.2) is 0 Å². The topological polar surface area (TPSA) is 93.2 Å². The van der Waals surface area contributed by atoms with Crippen LogP contribution in [0.5, 0.6) is 11.5 Å². The first-order chi connectivity index (χ1) is 11.5. The Hall–Kier alpha value is -2.11. The molecule has 24 heavy (non-hydrogen) atoms. The maximum Gasteiger partial charge on any atom is 0.137 e. The summed E-state index contributed by atoms with van der Waals surface area (Å²) < 4.78 is 10.00. The lowest BCUT2D eigenvalue weighted by Gasteiger charge is -2.03. The third-order valence-electron chi connectivity index (χ3n) is 2.98. The summed E-state index contributed by atoms with van der Waals surface area (Å²) in [5, 5.41) is 4.59. The van der Waals surface area contributed by atoms with Gasteiger partial charge in [-0.3, -0.25) is 0 Å². The highest BCUT2D eigenvalue weighted by molar-refractivity contribution is 6.32. The summed E-state index contributed by atoms with van der Waals surface area (Å²) in [5.41, 5.74) is 15.4. The Kier molecular flexibility index (Phi) is 8.83. The average molecular weight is 369 g/mol. The zero-order valence-electron chi connectivity index (χ0n) is 13.4. The van der Waals surface area contributed by atoms with Crippen molar-refractivity contribution in [2.45, 2.75) is 13.1 Å². The lowest BCUT2D eigenvalue weighted by Crippen LogP contribution is -1.96. The van der Waals surface area contributed by atoms with Gasteiger partial charge in [0.05, 0.1) is 30.8 Å². The fourth-order valence-electron chi connectivity index (χ4n) is 1.75. The Morgan fingerprint density at radius 3 is 1.96 bits per heavy atom. The van der Waals surface area contributed by atoms with Gasteiger partial charge in [0.2, 0.25) is 0 Å². The van der Waals surface area contributed by atoms with E-state index >= 15 is 0 Å². The highest BCUT2D eigenvalue weighted by Gasteiger charge is 2.00. The van der Waals surface area contributed by atoms with E-state index in [0.29, 0.717) is 34.6 Å². The van der Waals surface area contributed by atoms with Crippen LogP contribution in [0.3, 0.4) is 0 Å². The molecule has 0 aliphatic heterocycles. The molecule has 0 unspecified atom stereocenters. The van der Waals surface area contributed by atoms with Gasteiger partial charge in [0.1, 0.15) is 11.5 Å². The molecule has 0 aromatic heterocycles. The minimum Gasteiger partial charge on any atom is -0.495 e. The lowest BCUT2D eigenvalue weighted by atomic mass is 10.2. The predicted molar refractivity (Wildman–Crippen MR) is 96.7 cm³/mol. The van der Waals surface area contributed by atoms with Crippen LogP contribution in [-0.2, 0) is 13.1 Å². The Morgan fingerprint density at radius 2 is 1.50 bits per heavy atom. The van der Waals surface area contributed by atoms with Crippen LogP contribution in [0, 0.1) is 0 Å². The van der Waals surface area contributed by atoms with E-state index in [0.717, 1.165) is 11.1 Å². The molecule has 0 bridgehead atoms. The second-order valence-corrected chi connectivity index (χ2v) is 5.35. The molecule has 2 rings (SSSR count). The molecule has 0 aliphatic rings. The molecule has 0 aliphatic carbocycles. The first kappa shape index (κ1) is 19.9. The number of azide groups is 1. The van der Waals surface area contributed by atoms with Crippen molar-refractivity contribution in [3.05, 3.63) is 68.0 Å². The van der Waals surface area contributed by atoms with E-state index in [2.05, 4.69) is 10.0 Å². The van der Waals surface area contributed by atoms with Crippen LogP contribution in [0.25, 0.3) is 10.4 Å². The second-order valence-electron chi connectivity index (χ2n) is 4.53. The second kappa shape index (κ2) is 10.6. The fourth-order valence-corrected chi connectivity index (χ4v) is 2.14. The largest absolute Gasteiger partial charge is 0.495 e. The van der Waals surface area contributed by atoms with Gasteiger partial charge in [0.25, 0.3) is 0 Å². The average Bonchev–Trinajstić information content (AvgIpc) is 2.62. The number of rotatable bonds is 5. The zero-order chi connectivity index (χ0) is 17.9. The highest BCUT2D eigenvalue weighted by atomic mass is 35.5. The van der Waals surface area contributed by atoms with E-state index in [4.69, 9.17) is 43.9 Å². The summed E-state index contributed by atoms with van der Waals surface area (Å²) in [6.45, 7) is 0.817. The van der Waals surface area contributed by atoms with Crippen LogP contribution < -0.4 is 15.2 Å². The van der Waals surface area contributed by atoms with Crippen LogP contribution in [-0.4, -0.2) is 14.2 Å². The molecule has 128 valence electrons. The number of nitrogens with zero attached hydrogens (tertiary/aromatic N) is 3. The molecule has 0 heterocycles. The van der Waals surface area contributed by atoms with Crippen molar-refractivity contribution >= 4 is 23.2 Å². The minimum absolute atomic E-state index is 0.310. The molecular formula is C16H18Cl2N4O2. The van der Waals surface area contributed by atoms with Crippen LogP contribution in [0.4, 0.5) is 0 Å². The summed E-state index contributed by atoms with van der Waals surface area (Å²) in [5.74, 6) is 1.27. The van der Waals surface area contributed by atoms with Gasteiger partial charge in [-0.2, -0.15) is 0 Å². The Bertz CT molecular complexity index is 719. The van der Waals surface area contributed by atoms with Crippen molar-refractivity contribution in [1.82, 2.24) is 0 Å². The summed E-state index contributed by atoms with van der Waals surface area (Å²) in [6.07, 6.45) is 0. The van der Waals surface area contributed by atoms with Gasteiger partial charge in [0, 0.05) is 11.5 Å². The number of hydrogen-bond donors (Lipinski definition) is 1. The molecule has 0 radical (unpaired) electrons. The van der Waals surface area contributed by atoms with Gasteiger partial charge in [-0.1, -0.05) is 40.4 Å². The standard InChI is InChI=1S/C8H8ClN3O.C8H10ClNO/c1-13-8-4-6(5-11-12-10)2-3-7(8)9;1-11-8-4-6(5-10)2-3-7(8)9/h2-4H,5H2,1H3;2-4H,5,10H2,1H3. The number of ether oxygens (including phenoxy) is 2. The third kappa shape index (κ3) is 6.18. The fraction of sp³-hybridized carbons (Fsp3) is 0.250. The Labute approximate surface area is 150 Å². The molecule has 0 fully saturated rings. The molecule has 0 saturated carbocycles. The maximum absolute atomic E-state index is 8.11. The van der Waals surface area contributed by atoms with Crippen molar-refractivity contribution in [3.63, 3.8) is 0 Å². The van der Waals surface area contributed by atoms with Crippen molar-refractivity contribution in [1.29, 1.82) is 0 Å². The van der Waals surface area contributed by atoms with E-state index in [1.165, 1.54) is 0 Å². The zero-order valence-corrected chi connectivity index (χ0v) is 14.9.